The number of hydrogen-bond donors (Lipinski definition) is 0. The molecule has 2 nitrogen and oxygen atoms in total. The van der Waals surface area contributed by atoms with Gasteiger partial charge >= 0.3 is 0 Å². The minimum atomic E-state index is -0.0587. The number of carbonyl (C=O) groups excluding carboxylic acids is 1. The molecule has 1 aromatic carbocycles. The van der Waals surface area contributed by atoms with Crippen molar-refractivity contribution < 1.29 is 4.79 Å². The predicted molar refractivity (Wildman–Crippen MR) is 89.9 cm³/mol. The Morgan fingerprint density at radius 3 is 2.52 bits per heavy atom. The van der Waals surface area contributed by atoms with Gasteiger partial charge in [0.05, 0.1) is 16.8 Å². The van der Waals surface area contributed by atoms with Crippen molar-refractivity contribution >= 4 is 28.8 Å². The van der Waals surface area contributed by atoms with E-state index < -0.39 is 0 Å². The maximum absolute atomic E-state index is 12.7. The number of rotatable bonds is 6. The third-order valence-electron chi connectivity index (χ3n) is 3.48. The molecule has 2 rings (SSSR count). The van der Waals surface area contributed by atoms with Crippen LogP contribution < -0.4 is 0 Å². The second-order valence-electron chi connectivity index (χ2n) is 5.15. The van der Waals surface area contributed by atoms with Gasteiger partial charge in [-0.1, -0.05) is 55.3 Å². The molecule has 4 heteroatoms. The van der Waals surface area contributed by atoms with E-state index in [0.717, 1.165) is 27.6 Å². The maximum Gasteiger partial charge on any atom is 0.230 e. The highest BCUT2D eigenvalue weighted by molar-refractivity contribution is 7.16. The third kappa shape index (κ3) is 4.32. The van der Waals surface area contributed by atoms with E-state index in [9.17, 15) is 4.79 Å². The zero-order chi connectivity index (χ0) is 15.2. The fraction of sp³-hybridized carbons (Fsp3) is 0.353. The lowest BCUT2D eigenvalue weighted by molar-refractivity contribution is -0.132. The van der Waals surface area contributed by atoms with Crippen molar-refractivity contribution in [3.8, 4) is 0 Å². The van der Waals surface area contributed by atoms with Crippen molar-refractivity contribution in [3.63, 3.8) is 0 Å². The van der Waals surface area contributed by atoms with Crippen LogP contribution in [0.2, 0.25) is 4.34 Å². The molecule has 2 aromatic rings. The first-order valence-corrected chi connectivity index (χ1v) is 8.35. The predicted octanol–water partition coefficient (Wildman–Crippen LogP) is 4.94. The lowest BCUT2D eigenvalue weighted by atomic mass is 9.93. The third-order valence-corrected chi connectivity index (χ3v) is 4.69. The normalized spacial score (nSPS) is 12.1. The summed E-state index contributed by atoms with van der Waals surface area (Å²) in [6, 6.07) is 13.9. The summed E-state index contributed by atoms with van der Waals surface area (Å²) in [6.45, 7) is 2.73. The zero-order valence-corrected chi connectivity index (χ0v) is 14.0. The van der Waals surface area contributed by atoms with Gasteiger partial charge in [0, 0.05) is 11.9 Å². The summed E-state index contributed by atoms with van der Waals surface area (Å²) in [7, 11) is 1.86. The van der Waals surface area contributed by atoms with Gasteiger partial charge in [0.25, 0.3) is 0 Å². The van der Waals surface area contributed by atoms with Gasteiger partial charge in [-0.15, -0.1) is 11.3 Å². The quantitative estimate of drug-likeness (QED) is 0.737. The smallest absolute Gasteiger partial charge is 0.230 e. The molecule has 1 aromatic heterocycles. The molecule has 0 N–H and O–H groups in total. The molecule has 0 bridgehead atoms. The second kappa shape index (κ2) is 7.62. The molecular formula is C17H20ClNOS. The molecule has 0 saturated carbocycles. The van der Waals surface area contributed by atoms with Crippen LogP contribution in [0.1, 0.15) is 36.1 Å². The summed E-state index contributed by atoms with van der Waals surface area (Å²) in [5.74, 6) is 0.115. The molecular weight excluding hydrogens is 302 g/mol. The van der Waals surface area contributed by atoms with E-state index in [1.807, 2.05) is 49.5 Å². The molecule has 21 heavy (non-hydrogen) atoms. The molecule has 1 amide bonds. The lowest BCUT2D eigenvalue weighted by Crippen LogP contribution is -2.31. The van der Waals surface area contributed by atoms with Crippen LogP contribution in [0.4, 0.5) is 0 Å². The summed E-state index contributed by atoms with van der Waals surface area (Å²) < 4.78 is 0.763. The van der Waals surface area contributed by atoms with Crippen LogP contribution in [0.25, 0.3) is 0 Å². The molecule has 0 radical (unpaired) electrons. The molecule has 0 aliphatic heterocycles. The molecule has 0 spiro atoms. The number of carbonyl (C=O) groups is 1. The van der Waals surface area contributed by atoms with E-state index in [-0.39, 0.29) is 11.8 Å². The molecule has 1 unspecified atom stereocenters. The molecule has 112 valence electrons. The van der Waals surface area contributed by atoms with Crippen molar-refractivity contribution in [2.45, 2.75) is 32.2 Å². The molecule has 0 saturated heterocycles. The van der Waals surface area contributed by atoms with Gasteiger partial charge in [-0.3, -0.25) is 4.79 Å². The van der Waals surface area contributed by atoms with E-state index in [1.54, 1.807) is 4.90 Å². The van der Waals surface area contributed by atoms with Crippen LogP contribution in [0, 0.1) is 0 Å². The van der Waals surface area contributed by atoms with E-state index in [1.165, 1.54) is 11.3 Å². The minimum absolute atomic E-state index is 0.0587. The molecule has 1 heterocycles. The summed E-state index contributed by atoms with van der Waals surface area (Å²) >= 11 is 7.47. The van der Waals surface area contributed by atoms with Crippen LogP contribution in [0.15, 0.2) is 42.5 Å². The standard InChI is InChI=1S/C17H20ClNOS/c1-3-7-15(13-8-5-4-6-9-13)17(20)19(2)12-14-10-11-16(18)21-14/h4-6,8-11,15H,3,7,12H2,1-2H3. The Morgan fingerprint density at radius 1 is 1.24 bits per heavy atom. The van der Waals surface area contributed by atoms with Crippen molar-refractivity contribution in [1.29, 1.82) is 0 Å². The van der Waals surface area contributed by atoms with Crippen molar-refractivity contribution in [3.05, 3.63) is 57.2 Å². The number of halogens is 1. The number of hydrogen-bond acceptors (Lipinski definition) is 2. The van der Waals surface area contributed by atoms with Gasteiger partial charge in [0.2, 0.25) is 5.91 Å². The summed E-state index contributed by atoms with van der Waals surface area (Å²) in [6.07, 6.45) is 1.86. The van der Waals surface area contributed by atoms with Gasteiger partial charge < -0.3 is 4.90 Å². The van der Waals surface area contributed by atoms with Gasteiger partial charge in [-0.25, -0.2) is 0 Å². The second-order valence-corrected chi connectivity index (χ2v) is 6.95. The fourth-order valence-corrected chi connectivity index (χ4v) is 3.56. The summed E-state index contributed by atoms with van der Waals surface area (Å²) in [5, 5.41) is 0. The highest BCUT2D eigenvalue weighted by atomic mass is 35.5. The fourth-order valence-electron chi connectivity index (χ4n) is 2.42. The highest BCUT2D eigenvalue weighted by Crippen LogP contribution is 2.26. The Morgan fingerprint density at radius 2 is 1.95 bits per heavy atom. The van der Waals surface area contributed by atoms with Crippen LogP contribution in [0.3, 0.4) is 0 Å². The highest BCUT2D eigenvalue weighted by Gasteiger charge is 2.23. The first-order chi connectivity index (χ1) is 10.1. The minimum Gasteiger partial charge on any atom is -0.340 e. The number of amides is 1. The Balaban J connectivity index is 2.10. The van der Waals surface area contributed by atoms with E-state index >= 15 is 0 Å². The zero-order valence-electron chi connectivity index (χ0n) is 12.4. The van der Waals surface area contributed by atoms with Gasteiger partial charge in [-0.2, -0.15) is 0 Å². The van der Waals surface area contributed by atoms with Crippen LogP contribution in [0.5, 0.6) is 0 Å². The Labute approximate surface area is 135 Å². The molecule has 0 aliphatic carbocycles. The Kier molecular flexibility index (Phi) is 5.83. The number of nitrogens with zero attached hydrogens (tertiary/aromatic N) is 1. The summed E-state index contributed by atoms with van der Waals surface area (Å²) in [4.78, 5) is 15.7. The molecule has 0 fully saturated rings. The maximum atomic E-state index is 12.7. The number of benzene rings is 1. The molecule has 1 atom stereocenters. The number of thiophene rings is 1. The number of likely N-dealkylation sites (N-methyl/N-ethyl adjacent to an activating group) is 1. The Bertz CT molecular complexity index is 581. The molecule has 0 aliphatic rings. The Hall–Kier alpha value is -1.32. The largest absolute Gasteiger partial charge is 0.340 e. The average Bonchev–Trinajstić information content (AvgIpc) is 2.90. The van der Waals surface area contributed by atoms with Crippen molar-refractivity contribution in [2.75, 3.05) is 7.05 Å². The van der Waals surface area contributed by atoms with E-state index in [4.69, 9.17) is 11.6 Å². The SMILES string of the molecule is CCCC(C(=O)N(C)Cc1ccc(Cl)s1)c1ccccc1. The van der Waals surface area contributed by atoms with Crippen LogP contribution in [-0.4, -0.2) is 17.9 Å². The lowest BCUT2D eigenvalue weighted by Gasteiger charge is -2.23. The summed E-state index contributed by atoms with van der Waals surface area (Å²) in [5.41, 5.74) is 1.10. The first-order valence-electron chi connectivity index (χ1n) is 7.16. The topological polar surface area (TPSA) is 20.3 Å². The monoisotopic (exact) mass is 321 g/mol. The van der Waals surface area contributed by atoms with Crippen molar-refractivity contribution in [2.24, 2.45) is 0 Å². The van der Waals surface area contributed by atoms with Crippen LogP contribution in [-0.2, 0) is 11.3 Å². The average molecular weight is 322 g/mol. The van der Waals surface area contributed by atoms with E-state index in [2.05, 4.69) is 6.92 Å². The van der Waals surface area contributed by atoms with E-state index in [0.29, 0.717) is 6.54 Å². The van der Waals surface area contributed by atoms with Crippen LogP contribution >= 0.6 is 22.9 Å². The van der Waals surface area contributed by atoms with Gasteiger partial charge in [-0.05, 0) is 24.1 Å². The van der Waals surface area contributed by atoms with Gasteiger partial charge in [0.1, 0.15) is 0 Å². The van der Waals surface area contributed by atoms with Crippen molar-refractivity contribution in [1.82, 2.24) is 4.90 Å². The van der Waals surface area contributed by atoms with Gasteiger partial charge in [0.15, 0.2) is 0 Å². The first kappa shape index (κ1) is 16.1.